The second-order valence-corrected chi connectivity index (χ2v) is 6.29. The lowest BCUT2D eigenvalue weighted by Crippen LogP contribution is -2.34. The largest absolute Gasteiger partial charge is 0.493 e. The van der Waals surface area contributed by atoms with Crippen molar-refractivity contribution < 1.29 is 23.5 Å². The van der Waals surface area contributed by atoms with Crippen LogP contribution < -0.4 is 19.7 Å². The van der Waals surface area contributed by atoms with E-state index < -0.39 is 0 Å². The van der Waals surface area contributed by atoms with Crippen LogP contribution in [0, 0.1) is 11.7 Å². The number of rotatable bonds is 7. The molecule has 27 heavy (non-hydrogen) atoms. The van der Waals surface area contributed by atoms with Crippen molar-refractivity contribution in [1.29, 1.82) is 0 Å². The molecule has 1 fully saturated rings. The number of hydrogen-bond donors (Lipinski definition) is 1. The molecule has 2 amide bonds. The Kier molecular flexibility index (Phi) is 5.90. The van der Waals surface area contributed by atoms with Crippen LogP contribution in [-0.2, 0) is 9.59 Å². The number of carbonyl (C=O) groups is 2. The van der Waals surface area contributed by atoms with Crippen LogP contribution in [0.3, 0.4) is 0 Å². The fourth-order valence-electron chi connectivity index (χ4n) is 2.98. The van der Waals surface area contributed by atoms with E-state index in [1.807, 2.05) is 6.07 Å². The molecule has 7 heteroatoms. The molecular weight excluding hydrogens is 351 g/mol. The number of amides is 2. The van der Waals surface area contributed by atoms with Gasteiger partial charge in [0.1, 0.15) is 5.82 Å². The summed E-state index contributed by atoms with van der Waals surface area (Å²) in [6.07, 6.45) is 0.338. The predicted molar refractivity (Wildman–Crippen MR) is 98.4 cm³/mol. The zero-order valence-electron chi connectivity index (χ0n) is 15.0. The van der Waals surface area contributed by atoms with Crippen LogP contribution in [0.5, 0.6) is 11.5 Å². The molecule has 0 radical (unpaired) electrons. The van der Waals surface area contributed by atoms with Crippen LogP contribution in [0.4, 0.5) is 10.1 Å². The number of methoxy groups -OCH3 is 1. The first-order valence-electron chi connectivity index (χ1n) is 8.65. The summed E-state index contributed by atoms with van der Waals surface area (Å²) in [5.41, 5.74) is 0.662. The average molecular weight is 372 g/mol. The molecule has 1 N–H and O–H groups in total. The van der Waals surface area contributed by atoms with Crippen molar-refractivity contribution in [2.24, 2.45) is 5.92 Å². The maximum absolute atomic E-state index is 13.0. The molecule has 1 aliphatic heterocycles. The minimum absolute atomic E-state index is 0.00207. The van der Waals surface area contributed by atoms with E-state index in [9.17, 15) is 14.0 Å². The SMILES string of the molecule is COc1ccccc1OCC(=O)NCC1CC(=O)N(c2ccc(F)cc2)C1. The average Bonchev–Trinajstić information content (AvgIpc) is 3.06. The molecule has 0 aliphatic carbocycles. The molecule has 0 bridgehead atoms. The summed E-state index contributed by atoms with van der Waals surface area (Å²) in [5, 5.41) is 2.79. The van der Waals surface area contributed by atoms with Crippen molar-refractivity contribution in [2.75, 3.05) is 31.7 Å². The second kappa shape index (κ2) is 8.53. The molecule has 2 aromatic rings. The zero-order chi connectivity index (χ0) is 19.2. The molecule has 0 aromatic heterocycles. The molecule has 0 spiro atoms. The fraction of sp³-hybridized carbons (Fsp3) is 0.300. The van der Waals surface area contributed by atoms with Crippen LogP contribution in [0.2, 0.25) is 0 Å². The van der Waals surface area contributed by atoms with Crippen LogP contribution in [0.25, 0.3) is 0 Å². The number of halogens is 1. The highest BCUT2D eigenvalue weighted by Gasteiger charge is 2.30. The Bertz CT molecular complexity index is 810. The van der Waals surface area contributed by atoms with Crippen molar-refractivity contribution in [3.05, 3.63) is 54.3 Å². The van der Waals surface area contributed by atoms with Crippen molar-refractivity contribution in [2.45, 2.75) is 6.42 Å². The Hall–Kier alpha value is -3.09. The number of benzene rings is 2. The van der Waals surface area contributed by atoms with Crippen LogP contribution in [0.1, 0.15) is 6.42 Å². The third kappa shape index (κ3) is 4.75. The number of hydrogen-bond acceptors (Lipinski definition) is 4. The molecule has 2 aromatic carbocycles. The van der Waals surface area contributed by atoms with Crippen molar-refractivity contribution >= 4 is 17.5 Å². The van der Waals surface area contributed by atoms with Gasteiger partial charge in [-0.2, -0.15) is 0 Å². The number of anilines is 1. The summed E-state index contributed by atoms with van der Waals surface area (Å²) < 4.78 is 23.7. The predicted octanol–water partition coefficient (Wildman–Crippen LogP) is 2.38. The highest BCUT2D eigenvalue weighted by molar-refractivity contribution is 5.95. The minimum Gasteiger partial charge on any atom is -0.493 e. The molecule has 1 heterocycles. The van der Waals surface area contributed by atoms with E-state index in [1.165, 1.54) is 19.2 Å². The van der Waals surface area contributed by atoms with E-state index in [2.05, 4.69) is 5.32 Å². The molecular formula is C20H21FN2O4. The highest BCUT2D eigenvalue weighted by atomic mass is 19.1. The van der Waals surface area contributed by atoms with Crippen molar-refractivity contribution in [3.63, 3.8) is 0 Å². The van der Waals surface area contributed by atoms with Crippen LogP contribution in [0.15, 0.2) is 48.5 Å². The number of nitrogens with one attached hydrogen (secondary N) is 1. The summed E-state index contributed by atoms with van der Waals surface area (Å²) in [5.74, 6) is 0.400. The van der Waals surface area contributed by atoms with Crippen molar-refractivity contribution in [1.82, 2.24) is 5.32 Å². The lowest BCUT2D eigenvalue weighted by molar-refractivity contribution is -0.123. The van der Waals surface area contributed by atoms with Gasteiger partial charge in [0.15, 0.2) is 18.1 Å². The van der Waals surface area contributed by atoms with Gasteiger partial charge >= 0.3 is 0 Å². The normalized spacial score (nSPS) is 16.3. The smallest absolute Gasteiger partial charge is 0.257 e. The minimum atomic E-state index is -0.343. The molecule has 0 saturated carbocycles. The monoisotopic (exact) mass is 372 g/mol. The summed E-state index contributed by atoms with van der Waals surface area (Å²) in [4.78, 5) is 25.8. The van der Waals surface area contributed by atoms with Crippen LogP contribution >= 0.6 is 0 Å². The fourth-order valence-corrected chi connectivity index (χ4v) is 2.98. The summed E-state index contributed by atoms with van der Waals surface area (Å²) in [6.45, 7) is 0.721. The van der Waals surface area contributed by atoms with Gasteiger partial charge in [-0.15, -0.1) is 0 Å². The quantitative estimate of drug-likeness (QED) is 0.810. The first-order chi connectivity index (χ1) is 13.1. The maximum atomic E-state index is 13.0. The lowest BCUT2D eigenvalue weighted by Gasteiger charge is -2.17. The summed E-state index contributed by atoms with van der Waals surface area (Å²) >= 11 is 0. The number of carbonyl (C=O) groups excluding carboxylic acids is 2. The van der Waals surface area contributed by atoms with E-state index in [0.717, 1.165) is 0 Å². The Morgan fingerprint density at radius 2 is 1.89 bits per heavy atom. The molecule has 3 rings (SSSR count). The topological polar surface area (TPSA) is 67.9 Å². The van der Waals surface area contributed by atoms with E-state index in [0.29, 0.717) is 36.7 Å². The lowest BCUT2D eigenvalue weighted by atomic mass is 10.1. The van der Waals surface area contributed by atoms with Gasteiger partial charge in [0.25, 0.3) is 5.91 Å². The Morgan fingerprint density at radius 1 is 1.19 bits per heavy atom. The zero-order valence-corrected chi connectivity index (χ0v) is 15.0. The van der Waals surface area contributed by atoms with Gasteiger partial charge in [-0.05, 0) is 36.4 Å². The van der Waals surface area contributed by atoms with Crippen LogP contribution in [-0.4, -0.2) is 38.6 Å². The van der Waals surface area contributed by atoms with E-state index in [4.69, 9.17) is 9.47 Å². The molecule has 6 nitrogen and oxygen atoms in total. The van der Waals surface area contributed by atoms with Gasteiger partial charge in [-0.3, -0.25) is 9.59 Å². The summed E-state index contributed by atoms with van der Waals surface area (Å²) in [7, 11) is 1.53. The van der Waals surface area contributed by atoms with Gasteiger partial charge in [0.05, 0.1) is 7.11 Å². The standard InChI is InChI=1S/C20H21FN2O4/c1-26-17-4-2-3-5-18(17)27-13-19(24)22-11-14-10-20(25)23(12-14)16-8-6-15(21)7-9-16/h2-9,14H,10-13H2,1H3,(H,22,24). The van der Waals surface area contributed by atoms with Gasteiger partial charge in [0.2, 0.25) is 5.91 Å². The highest BCUT2D eigenvalue weighted by Crippen LogP contribution is 2.26. The first-order valence-corrected chi connectivity index (χ1v) is 8.65. The second-order valence-electron chi connectivity index (χ2n) is 6.29. The number of ether oxygens (including phenoxy) is 2. The van der Waals surface area contributed by atoms with E-state index in [1.54, 1.807) is 35.2 Å². The number of para-hydroxylation sites is 2. The molecule has 1 atom stereocenters. The molecule has 1 unspecified atom stereocenters. The van der Waals surface area contributed by atoms with Gasteiger partial charge < -0.3 is 19.7 Å². The third-order valence-corrected chi connectivity index (χ3v) is 4.36. The Morgan fingerprint density at radius 3 is 2.59 bits per heavy atom. The van der Waals surface area contributed by atoms with Crippen molar-refractivity contribution in [3.8, 4) is 11.5 Å². The van der Waals surface area contributed by atoms with E-state index in [-0.39, 0.29) is 30.2 Å². The van der Waals surface area contributed by atoms with Gasteiger partial charge in [-0.1, -0.05) is 12.1 Å². The van der Waals surface area contributed by atoms with Gasteiger partial charge in [-0.25, -0.2) is 4.39 Å². The third-order valence-electron chi connectivity index (χ3n) is 4.36. The van der Waals surface area contributed by atoms with Gasteiger partial charge in [0, 0.05) is 31.1 Å². The van der Waals surface area contributed by atoms with E-state index >= 15 is 0 Å². The number of nitrogens with zero attached hydrogens (tertiary/aromatic N) is 1. The molecule has 142 valence electrons. The maximum Gasteiger partial charge on any atom is 0.257 e. The Balaban J connectivity index is 1.46. The Labute approximate surface area is 156 Å². The molecule has 1 saturated heterocycles. The first kappa shape index (κ1) is 18.7. The molecule has 1 aliphatic rings. The summed E-state index contributed by atoms with van der Waals surface area (Å²) in [6, 6.07) is 12.9.